The predicted octanol–water partition coefficient (Wildman–Crippen LogP) is 1.06. The van der Waals surface area contributed by atoms with Crippen molar-refractivity contribution in [3.05, 3.63) is 36.4 Å². The normalized spacial score (nSPS) is 11.6. The number of ether oxygens (including phenoxy) is 1. The number of nitrogens with one attached hydrogen (secondary N) is 1. The van der Waals surface area contributed by atoms with Crippen molar-refractivity contribution in [2.24, 2.45) is 5.14 Å². The molecule has 114 valence electrons. The van der Waals surface area contributed by atoms with E-state index in [2.05, 4.69) is 10.4 Å². The van der Waals surface area contributed by atoms with Crippen molar-refractivity contribution in [3.63, 3.8) is 0 Å². The first kappa shape index (κ1) is 15.4. The minimum Gasteiger partial charge on any atom is -0.383 e. The molecule has 0 unspecified atom stereocenters. The molecule has 0 aliphatic carbocycles. The highest BCUT2D eigenvalue weighted by molar-refractivity contribution is 7.89. The van der Waals surface area contributed by atoms with Crippen molar-refractivity contribution in [2.45, 2.75) is 11.4 Å². The predicted molar refractivity (Wildman–Crippen MR) is 75.2 cm³/mol. The van der Waals surface area contributed by atoms with E-state index in [0.29, 0.717) is 18.8 Å². The van der Waals surface area contributed by atoms with Gasteiger partial charge in [-0.1, -0.05) is 0 Å². The lowest BCUT2D eigenvalue weighted by Crippen LogP contribution is -2.12. The van der Waals surface area contributed by atoms with Crippen LogP contribution >= 0.6 is 0 Å². The largest absolute Gasteiger partial charge is 0.383 e. The molecule has 0 spiro atoms. The van der Waals surface area contributed by atoms with Gasteiger partial charge in [0.2, 0.25) is 10.0 Å². The van der Waals surface area contributed by atoms with Crippen LogP contribution in [0.1, 0.15) is 0 Å². The number of hydrogen-bond acceptors (Lipinski definition) is 5. The molecular formula is C12H15FN4O3S. The Labute approximate surface area is 121 Å². The summed E-state index contributed by atoms with van der Waals surface area (Å²) in [5.74, 6) is -0.717. The fraction of sp³-hybridized carbons (Fsp3) is 0.250. The number of methoxy groups -OCH3 is 1. The molecule has 3 N–H and O–H groups in total. The van der Waals surface area contributed by atoms with E-state index in [1.807, 2.05) is 0 Å². The second-order valence-corrected chi connectivity index (χ2v) is 5.86. The van der Waals surface area contributed by atoms with Crippen molar-refractivity contribution < 1.29 is 17.5 Å². The van der Waals surface area contributed by atoms with E-state index in [0.717, 1.165) is 6.07 Å². The van der Waals surface area contributed by atoms with Crippen molar-refractivity contribution >= 4 is 21.4 Å². The van der Waals surface area contributed by atoms with E-state index in [-0.39, 0.29) is 10.6 Å². The van der Waals surface area contributed by atoms with Gasteiger partial charge in [0.05, 0.1) is 35.6 Å². The Bertz CT molecular complexity index is 730. The van der Waals surface area contributed by atoms with Crippen molar-refractivity contribution in [3.8, 4) is 0 Å². The first-order valence-electron chi connectivity index (χ1n) is 6.01. The lowest BCUT2D eigenvalue weighted by molar-refractivity contribution is 0.183. The summed E-state index contributed by atoms with van der Waals surface area (Å²) in [6, 6.07) is 3.41. The molecule has 1 aromatic carbocycles. The van der Waals surface area contributed by atoms with Crippen LogP contribution in [0.2, 0.25) is 0 Å². The van der Waals surface area contributed by atoms with E-state index < -0.39 is 15.8 Å². The van der Waals surface area contributed by atoms with Gasteiger partial charge in [0.15, 0.2) is 0 Å². The molecule has 0 aliphatic rings. The van der Waals surface area contributed by atoms with Gasteiger partial charge in [-0.3, -0.25) is 4.68 Å². The lowest BCUT2D eigenvalue weighted by Gasteiger charge is -2.06. The highest BCUT2D eigenvalue weighted by Crippen LogP contribution is 2.22. The number of rotatable bonds is 6. The number of primary sulfonamides is 1. The fourth-order valence-electron chi connectivity index (χ4n) is 1.66. The van der Waals surface area contributed by atoms with Crippen LogP contribution in [0.5, 0.6) is 0 Å². The monoisotopic (exact) mass is 314 g/mol. The molecule has 0 fully saturated rings. The molecule has 2 rings (SSSR count). The zero-order valence-electron chi connectivity index (χ0n) is 11.3. The van der Waals surface area contributed by atoms with Gasteiger partial charge >= 0.3 is 0 Å². The molecule has 0 amide bonds. The number of nitrogens with zero attached hydrogens (tertiary/aromatic N) is 2. The highest BCUT2D eigenvalue weighted by Gasteiger charge is 2.12. The molecule has 1 aromatic heterocycles. The number of sulfonamides is 1. The van der Waals surface area contributed by atoms with E-state index in [9.17, 15) is 12.8 Å². The molecule has 2 aromatic rings. The summed E-state index contributed by atoms with van der Waals surface area (Å²) >= 11 is 0. The van der Waals surface area contributed by atoms with Crippen LogP contribution in [-0.2, 0) is 21.3 Å². The van der Waals surface area contributed by atoms with E-state index >= 15 is 0 Å². The fourth-order valence-corrected chi connectivity index (χ4v) is 2.19. The number of aromatic nitrogens is 2. The number of benzene rings is 1. The lowest BCUT2D eigenvalue weighted by atomic mass is 10.3. The zero-order valence-corrected chi connectivity index (χ0v) is 12.1. The maximum absolute atomic E-state index is 13.8. The first-order valence-corrected chi connectivity index (χ1v) is 7.55. The van der Waals surface area contributed by atoms with Gasteiger partial charge in [-0.2, -0.15) is 5.10 Å². The highest BCUT2D eigenvalue weighted by atomic mass is 32.2. The Balaban J connectivity index is 2.14. The Morgan fingerprint density at radius 1 is 1.48 bits per heavy atom. The quantitative estimate of drug-likeness (QED) is 0.830. The third-order valence-electron chi connectivity index (χ3n) is 2.71. The van der Waals surface area contributed by atoms with E-state index in [1.54, 1.807) is 18.0 Å². The summed E-state index contributed by atoms with van der Waals surface area (Å²) in [5.41, 5.74) is 0.710. The van der Waals surface area contributed by atoms with Crippen LogP contribution in [0, 0.1) is 5.82 Å². The maximum Gasteiger partial charge on any atom is 0.238 e. The molecule has 0 bridgehead atoms. The van der Waals surface area contributed by atoms with Crippen LogP contribution in [0.4, 0.5) is 15.8 Å². The average Bonchev–Trinajstić information content (AvgIpc) is 2.85. The smallest absolute Gasteiger partial charge is 0.238 e. The SMILES string of the molecule is COCCn1cc(Nc2ccc(S(N)(=O)=O)cc2F)cn1. The van der Waals surface area contributed by atoms with Crippen molar-refractivity contribution in [1.29, 1.82) is 0 Å². The molecular weight excluding hydrogens is 299 g/mol. The summed E-state index contributed by atoms with van der Waals surface area (Å²) < 4.78 is 42.7. The molecule has 0 saturated heterocycles. The molecule has 21 heavy (non-hydrogen) atoms. The molecule has 1 heterocycles. The van der Waals surface area contributed by atoms with E-state index in [4.69, 9.17) is 9.88 Å². The van der Waals surface area contributed by atoms with Crippen LogP contribution in [0.25, 0.3) is 0 Å². The second kappa shape index (κ2) is 6.20. The van der Waals surface area contributed by atoms with Crippen molar-refractivity contribution in [2.75, 3.05) is 19.0 Å². The van der Waals surface area contributed by atoms with Crippen LogP contribution in [0.3, 0.4) is 0 Å². The minimum absolute atomic E-state index is 0.133. The minimum atomic E-state index is -3.92. The molecule has 9 heteroatoms. The first-order chi connectivity index (χ1) is 9.90. The number of hydrogen-bond donors (Lipinski definition) is 2. The summed E-state index contributed by atoms with van der Waals surface area (Å²) in [4.78, 5) is -0.277. The van der Waals surface area contributed by atoms with Gasteiger partial charge in [0.1, 0.15) is 5.82 Å². The molecule has 7 nitrogen and oxygen atoms in total. The third kappa shape index (κ3) is 4.00. The van der Waals surface area contributed by atoms with E-state index in [1.165, 1.54) is 18.3 Å². The van der Waals surface area contributed by atoms with Crippen LogP contribution in [0.15, 0.2) is 35.5 Å². The Morgan fingerprint density at radius 2 is 2.24 bits per heavy atom. The standard InChI is InChI=1S/C12H15FN4O3S/c1-20-5-4-17-8-9(7-15-17)16-12-3-2-10(6-11(12)13)21(14,18)19/h2-3,6-8,16H,4-5H2,1H3,(H2,14,18,19). The third-order valence-corrected chi connectivity index (χ3v) is 3.62. The van der Waals surface area contributed by atoms with Crippen molar-refractivity contribution in [1.82, 2.24) is 9.78 Å². The summed E-state index contributed by atoms with van der Waals surface area (Å²) in [7, 11) is -2.33. The number of nitrogens with two attached hydrogens (primary N) is 1. The number of anilines is 2. The summed E-state index contributed by atoms with van der Waals surface area (Å²) in [6.07, 6.45) is 3.22. The summed E-state index contributed by atoms with van der Waals surface area (Å²) in [6.45, 7) is 1.09. The zero-order chi connectivity index (χ0) is 15.5. The molecule has 0 radical (unpaired) electrons. The number of halogens is 1. The molecule has 0 atom stereocenters. The molecule has 0 aliphatic heterocycles. The molecule has 0 saturated carbocycles. The Hall–Kier alpha value is -1.97. The van der Waals surface area contributed by atoms with Gasteiger partial charge in [-0.25, -0.2) is 17.9 Å². The maximum atomic E-state index is 13.8. The van der Waals surface area contributed by atoms with Gasteiger partial charge < -0.3 is 10.1 Å². The van der Waals surface area contributed by atoms with Crippen LogP contribution < -0.4 is 10.5 Å². The van der Waals surface area contributed by atoms with Gasteiger partial charge in [0, 0.05) is 13.3 Å². The Kier molecular flexibility index (Phi) is 4.56. The Morgan fingerprint density at radius 3 is 2.86 bits per heavy atom. The van der Waals surface area contributed by atoms with Gasteiger partial charge in [-0.05, 0) is 18.2 Å². The van der Waals surface area contributed by atoms with Crippen LogP contribution in [-0.4, -0.2) is 31.9 Å². The van der Waals surface area contributed by atoms with Gasteiger partial charge in [0.25, 0.3) is 0 Å². The van der Waals surface area contributed by atoms with Gasteiger partial charge in [-0.15, -0.1) is 0 Å². The average molecular weight is 314 g/mol. The topological polar surface area (TPSA) is 99.2 Å². The summed E-state index contributed by atoms with van der Waals surface area (Å²) in [5, 5.41) is 11.8. The second-order valence-electron chi connectivity index (χ2n) is 4.30.